The lowest BCUT2D eigenvalue weighted by atomic mass is 9.76. The molecule has 0 atom stereocenters. The van der Waals surface area contributed by atoms with Crippen LogP contribution in [0.1, 0.15) is 18.4 Å². The van der Waals surface area contributed by atoms with Crippen LogP contribution in [0.4, 0.5) is 5.69 Å². The molecule has 3 aliphatic rings. The zero-order valence-electron chi connectivity index (χ0n) is 10.3. The van der Waals surface area contributed by atoms with Gasteiger partial charge in [-0.1, -0.05) is 0 Å². The zero-order valence-corrected chi connectivity index (χ0v) is 10.3. The van der Waals surface area contributed by atoms with Crippen molar-refractivity contribution in [3.05, 3.63) is 17.7 Å². The van der Waals surface area contributed by atoms with E-state index in [1.165, 1.54) is 11.3 Å². The Morgan fingerprint density at radius 2 is 1.67 bits per heavy atom. The summed E-state index contributed by atoms with van der Waals surface area (Å²) in [6, 6.07) is 4.27. The largest absolute Gasteiger partial charge is 0.486 e. The fourth-order valence-corrected chi connectivity index (χ4v) is 3.24. The van der Waals surface area contributed by atoms with E-state index in [4.69, 9.17) is 14.2 Å². The van der Waals surface area contributed by atoms with Crippen molar-refractivity contribution < 1.29 is 14.2 Å². The molecule has 3 aliphatic heterocycles. The molecule has 0 bridgehead atoms. The van der Waals surface area contributed by atoms with Crippen molar-refractivity contribution in [2.75, 3.05) is 38.3 Å². The summed E-state index contributed by atoms with van der Waals surface area (Å²) >= 11 is 0. The standard InChI is InChI=1S/C14H17NO3/c1-3-16-4-2-14(1)9-15-11-8-13-12(7-10(11)14)17-5-6-18-13/h7-8,15H,1-6,9H2. The van der Waals surface area contributed by atoms with Gasteiger partial charge in [0.1, 0.15) is 13.2 Å². The molecule has 0 radical (unpaired) electrons. The molecule has 1 fully saturated rings. The molecule has 4 nitrogen and oxygen atoms in total. The van der Waals surface area contributed by atoms with Crippen LogP contribution in [0.25, 0.3) is 0 Å². The topological polar surface area (TPSA) is 39.7 Å². The quantitative estimate of drug-likeness (QED) is 0.760. The minimum absolute atomic E-state index is 0.240. The van der Waals surface area contributed by atoms with Gasteiger partial charge in [-0.2, -0.15) is 0 Å². The van der Waals surface area contributed by atoms with Crippen LogP contribution < -0.4 is 14.8 Å². The molecule has 0 amide bonds. The summed E-state index contributed by atoms with van der Waals surface area (Å²) in [6.07, 6.45) is 2.18. The lowest BCUT2D eigenvalue weighted by Crippen LogP contribution is -2.35. The van der Waals surface area contributed by atoms with Crippen LogP contribution in [0.2, 0.25) is 0 Å². The lowest BCUT2D eigenvalue weighted by Gasteiger charge is -2.33. The van der Waals surface area contributed by atoms with E-state index in [2.05, 4.69) is 17.4 Å². The first kappa shape index (κ1) is 10.5. The van der Waals surface area contributed by atoms with Crippen molar-refractivity contribution in [1.82, 2.24) is 0 Å². The van der Waals surface area contributed by atoms with Crippen molar-refractivity contribution in [2.24, 2.45) is 0 Å². The van der Waals surface area contributed by atoms with E-state index in [9.17, 15) is 0 Å². The second kappa shape index (κ2) is 3.79. The van der Waals surface area contributed by atoms with Crippen molar-refractivity contribution >= 4 is 5.69 Å². The zero-order chi connectivity index (χ0) is 12.0. The summed E-state index contributed by atoms with van der Waals surface area (Å²) in [4.78, 5) is 0. The maximum Gasteiger partial charge on any atom is 0.163 e. The van der Waals surface area contributed by atoms with Crippen LogP contribution >= 0.6 is 0 Å². The van der Waals surface area contributed by atoms with E-state index in [0.29, 0.717) is 13.2 Å². The molecular weight excluding hydrogens is 230 g/mol. The van der Waals surface area contributed by atoms with Gasteiger partial charge in [-0.15, -0.1) is 0 Å². The summed E-state index contributed by atoms with van der Waals surface area (Å²) < 4.78 is 16.8. The van der Waals surface area contributed by atoms with Crippen LogP contribution in [0.15, 0.2) is 12.1 Å². The number of benzene rings is 1. The first-order chi connectivity index (χ1) is 8.87. The van der Waals surface area contributed by atoms with Crippen molar-refractivity contribution in [1.29, 1.82) is 0 Å². The second-order valence-corrected chi connectivity index (χ2v) is 5.29. The summed E-state index contributed by atoms with van der Waals surface area (Å²) in [6.45, 7) is 4.01. The Balaban J connectivity index is 1.79. The number of hydrogen-bond acceptors (Lipinski definition) is 4. The van der Waals surface area contributed by atoms with Crippen molar-refractivity contribution in [3.8, 4) is 11.5 Å². The third-order valence-corrected chi connectivity index (χ3v) is 4.32. The van der Waals surface area contributed by atoms with Crippen molar-refractivity contribution in [2.45, 2.75) is 18.3 Å². The van der Waals surface area contributed by atoms with Crippen LogP contribution in [0.5, 0.6) is 11.5 Å². The first-order valence-corrected chi connectivity index (χ1v) is 6.63. The highest BCUT2D eigenvalue weighted by molar-refractivity contribution is 5.67. The van der Waals surface area contributed by atoms with Gasteiger partial charge in [0.15, 0.2) is 11.5 Å². The van der Waals surface area contributed by atoms with E-state index < -0.39 is 0 Å². The number of nitrogens with one attached hydrogen (secondary N) is 1. The summed E-state index contributed by atoms with van der Waals surface area (Å²) in [5.41, 5.74) is 2.83. The molecule has 18 heavy (non-hydrogen) atoms. The van der Waals surface area contributed by atoms with E-state index >= 15 is 0 Å². The van der Waals surface area contributed by atoms with Gasteiger partial charge in [0.05, 0.1) is 0 Å². The summed E-state index contributed by atoms with van der Waals surface area (Å²) in [5, 5.41) is 3.52. The molecule has 0 aromatic heterocycles. The maximum atomic E-state index is 5.70. The van der Waals surface area contributed by atoms with E-state index in [1.807, 2.05) is 0 Å². The Morgan fingerprint density at radius 3 is 2.44 bits per heavy atom. The molecule has 1 aromatic rings. The molecule has 1 spiro atoms. The molecule has 1 N–H and O–H groups in total. The van der Waals surface area contributed by atoms with E-state index in [1.54, 1.807) is 0 Å². The predicted molar refractivity (Wildman–Crippen MR) is 67.7 cm³/mol. The number of fused-ring (bicyclic) bond motifs is 3. The monoisotopic (exact) mass is 247 g/mol. The molecule has 0 saturated carbocycles. The Morgan fingerprint density at radius 1 is 0.944 bits per heavy atom. The van der Waals surface area contributed by atoms with Gasteiger partial charge in [-0.25, -0.2) is 0 Å². The average molecular weight is 247 g/mol. The van der Waals surface area contributed by atoms with E-state index in [-0.39, 0.29) is 5.41 Å². The van der Waals surface area contributed by atoms with Gasteiger partial charge < -0.3 is 19.5 Å². The molecule has 96 valence electrons. The highest BCUT2D eigenvalue weighted by Crippen LogP contribution is 2.48. The predicted octanol–water partition coefficient (Wildman–Crippen LogP) is 1.93. The lowest BCUT2D eigenvalue weighted by molar-refractivity contribution is 0.0565. The minimum atomic E-state index is 0.240. The van der Waals surface area contributed by atoms with Crippen LogP contribution in [-0.4, -0.2) is 33.0 Å². The second-order valence-electron chi connectivity index (χ2n) is 5.29. The van der Waals surface area contributed by atoms with Gasteiger partial charge in [0.25, 0.3) is 0 Å². The molecule has 0 unspecified atom stereocenters. The fourth-order valence-electron chi connectivity index (χ4n) is 3.24. The molecule has 3 heterocycles. The van der Waals surface area contributed by atoms with E-state index in [0.717, 1.165) is 44.1 Å². The Hall–Kier alpha value is -1.42. The fraction of sp³-hybridized carbons (Fsp3) is 0.571. The van der Waals surface area contributed by atoms with Gasteiger partial charge in [-0.05, 0) is 24.5 Å². The highest BCUT2D eigenvalue weighted by atomic mass is 16.6. The van der Waals surface area contributed by atoms with Gasteiger partial charge in [0, 0.05) is 36.9 Å². The number of anilines is 1. The number of hydrogen-bond donors (Lipinski definition) is 1. The Kier molecular flexibility index (Phi) is 2.21. The van der Waals surface area contributed by atoms with Crippen molar-refractivity contribution in [3.63, 3.8) is 0 Å². The molecule has 1 aromatic carbocycles. The van der Waals surface area contributed by atoms with Crippen LogP contribution in [0, 0.1) is 0 Å². The minimum Gasteiger partial charge on any atom is -0.486 e. The van der Waals surface area contributed by atoms with Gasteiger partial charge >= 0.3 is 0 Å². The molecule has 1 saturated heterocycles. The number of rotatable bonds is 0. The van der Waals surface area contributed by atoms with Gasteiger partial charge in [-0.3, -0.25) is 0 Å². The normalized spacial score (nSPS) is 23.6. The molecule has 4 heteroatoms. The third-order valence-electron chi connectivity index (χ3n) is 4.32. The molecular formula is C14H17NO3. The van der Waals surface area contributed by atoms with Gasteiger partial charge in [0.2, 0.25) is 0 Å². The molecule has 4 rings (SSSR count). The Bertz CT molecular complexity index is 480. The number of ether oxygens (including phenoxy) is 3. The Labute approximate surface area is 106 Å². The summed E-state index contributed by atoms with van der Waals surface area (Å²) in [5.74, 6) is 1.77. The average Bonchev–Trinajstić information content (AvgIpc) is 2.76. The summed E-state index contributed by atoms with van der Waals surface area (Å²) in [7, 11) is 0. The van der Waals surface area contributed by atoms with Crippen LogP contribution in [0.3, 0.4) is 0 Å². The molecule has 0 aliphatic carbocycles. The third kappa shape index (κ3) is 1.42. The first-order valence-electron chi connectivity index (χ1n) is 6.63. The SMILES string of the molecule is c1c2c(cc3c1OCCO3)C1(CCOCC1)CN2. The highest BCUT2D eigenvalue weighted by Gasteiger charge is 2.41. The van der Waals surface area contributed by atoms with Crippen LogP contribution in [-0.2, 0) is 10.2 Å². The maximum absolute atomic E-state index is 5.70. The smallest absolute Gasteiger partial charge is 0.163 e.